The number of imidazole rings is 1. The fraction of sp³-hybridized carbons (Fsp3) is 0.0408. The average Bonchev–Trinajstić information content (AvgIpc) is 3.47. The topological polar surface area (TPSA) is 52.7 Å². The SMILES string of the molecule is Cn1c(=O)n(C)c2cc(-c3ccc(-c4cc(-c5ccc(-c6cc(-c7ccccc7)ccc6-c6ccccc6)cc5)nc(-c5ccccc5)n4)cc3)ccc21. The molecule has 0 radical (unpaired) electrons. The van der Waals surface area contributed by atoms with Crippen molar-refractivity contribution in [2.75, 3.05) is 0 Å². The van der Waals surface area contributed by atoms with E-state index in [4.69, 9.17) is 9.97 Å². The summed E-state index contributed by atoms with van der Waals surface area (Å²) < 4.78 is 3.37. The monoisotopic (exact) mass is 696 g/mol. The van der Waals surface area contributed by atoms with Crippen molar-refractivity contribution < 1.29 is 0 Å². The molecule has 0 N–H and O–H groups in total. The maximum absolute atomic E-state index is 12.5. The third-order valence-corrected chi connectivity index (χ3v) is 10.2. The van der Waals surface area contributed by atoms with Gasteiger partial charge >= 0.3 is 5.69 Å². The first-order chi connectivity index (χ1) is 26.5. The van der Waals surface area contributed by atoms with Gasteiger partial charge in [-0.1, -0.05) is 158 Å². The molecule has 258 valence electrons. The van der Waals surface area contributed by atoms with Gasteiger partial charge in [-0.2, -0.15) is 0 Å². The summed E-state index contributed by atoms with van der Waals surface area (Å²) in [6.07, 6.45) is 0. The van der Waals surface area contributed by atoms with E-state index in [0.29, 0.717) is 5.82 Å². The number of fused-ring (bicyclic) bond motifs is 1. The van der Waals surface area contributed by atoms with Gasteiger partial charge in [-0.05, 0) is 68.8 Å². The molecule has 0 bridgehead atoms. The molecule has 2 aromatic heterocycles. The quantitative estimate of drug-likeness (QED) is 0.167. The zero-order valence-corrected chi connectivity index (χ0v) is 30.0. The Morgan fingerprint density at radius 2 is 0.778 bits per heavy atom. The third-order valence-electron chi connectivity index (χ3n) is 10.2. The van der Waals surface area contributed by atoms with Gasteiger partial charge in [-0.15, -0.1) is 0 Å². The van der Waals surface area contributed by atoms with Crippen LogP contribution >= 0.6 is 0 Å². The van der Waals surface area contributed by atoms with E-state index >= 15 is 0 Å². The zero-order chi connectivity index (χ0) is 36.6. The predicted molar refractivity (Wildman–Crippen MR) is 222 cm³/mol. The summed E-state index contributed by atoms with van der Waals surface area (Å²) in [7, 11) is 3.62. The predicted octanol–water partition coefficient (Wildman–Crippen LogP) is 11.3. The molecule has 0 fully saturated rings. The Labute approximate surface area is 314 Å². The summed E-state index contributed by atoms with van der Waals surface area (Å²) in [5, 5.41) is 0. The molecule has 0 saturated heterocycles. The molecule has 5 heteroatoms. The van der Waals surface area contributed by atoms with Crippen LogP contribution in [0.15, 0.2) is 187 Å². The number of nitrogens with zero attached hydrogens (tertiary/aromatic N) is 4. The van der Waals surface area contributed by atoms with E-state index in [1.54, 1.807) is 16.2 Å². The van der Waals surface area contributed by atoms with Crippen LogP contribution in [0.3, 0.4) is 0 Å². The molecule has 0 aliphatic carbocycles. The van der Waals surface area contributed by atoms with E-state index in [1.807, 2.05) is 43.4 Å². The second kappa shape index (κ2) is 13.8. The summed E-state index contributed by atoms with van der Waals surface area (Å²) >= 11 is 0. The van der Waals surface area contributed by atoms with E-state index in [0.717, 1.165) is 55.8 Å². The molecule has 0 atom stereocenters. The van der Waals surface area contributed by atoms with Gasteiger partial charge in [0.15, 0.2) is 5.82 Å². The van der Waals surface area contributed by atoms with Crippen LogP contribution in [0.2, 0.25) is 0 Å². The molecular formula is C49H36N4O. The van der Waals surface area contributed by atoms with Crippen LogP contribution in [-0.2, 0) is 14.1 Å². The summed E-state index contributed by atoms with van der Waals surface area (Å²) in [4.78, 5) is 22.7. The Kier molecular flexibility index (Phi) is 8.37. The van der Waals surface area contributed by atoms with Crippen molar-refractivity contribution in [3.63, 3.8) is 0 Å². The van der Waals surface area contributed by atoms with Gasteiger partial charge in [-0.3, -0.25) is 9.13 Å². The lowest BCUT2D eigenvalue weighted by molar-refractivity contribution is 0.795. The maximum Gasteiger partial charge on any atom is 0.328 e. The normalized spacial score (nSPS) is 11.2. The molecule has 7 aromatic carbocycles. The number of benzene rings is 7. The minimum Gasteiger partial charge on any atom is -0.295 e. The maximum atomic E-state index is 12.5. The summed E-state index contributed by atoms with van der Waals surface area (Å²) in [5.41, 5.74) is 15.6. The summed E-state index contributed by atoms with van der Waals surface area (Å²) in [5.74, 6) is 0.675. The van der Waals surface area contributed by atoms with Crippen molar-refractivity contribution in [3.8, 4) is 78.4 Å². The Bertz CT molecular complexity index is 2820. The molecule has 0 unspecified atom stereocenters. The van der Waals surface area contributed by atoms with Crippen LogP contribution in [-0.4, -0.2) is 19.1 Å². The number of rotatable bonds is 7. The summed E-state index contributed by atoms with van der Waals surface area (Å²) in [6.45, 7) is 0. The van der Waals surface area contributed by atoms with E-state index in [1.165, 1.54) is 27.8 Å². The van der Waals surface area contributed by atoms with E-state index in [9.17, 15) is 4.79 Å². The lowest BCUT2D eigenvalue weighted by atomic mass is 9.90. The Hall–Kier alpha value is -7.11. The molecular weight excluding hydrogens is 661 g/mol. The van der Waals surface area contributed by atoms with Crippen molar-refractivity contribution in [2.24, 2.45) is 14.1 Å². The molecule has 0 spiro atoms. The van der Waals surface area contributed by atoms with Crippen molar-refractivity contribution in [1.29, 1.82) is 0 Å². The second-order valence-corrected chi connectivity index (χ2v) is 13.6. The average molecular weight is 697 g/mol. The highest BCUT2D eigenvalue weighted by Crippen LogP contribution is 2.37. The van der Waals surface area contributed by atoms with Gasteiger partial charge < -0.3 is 0 Å². The van der Waals surface area contributed by atoms with Crippen LogP contribution in [0, 0.1) is 0 Å². The molecule has 0 amide bonds. The Balaban J connectivity index is 1.10. The molecule has 9 rings (SSSR count). The fourth-order valence-corrected chi connectivity index (χ4v) is 7.26. The van der Waals surface area contributed by atoms with E-state index in [-0.39, 0.29) is 5.69 Å². The largest absolute Gasteiger partial charge is 0.328 e. The number of aromatic nitrogens is 4. The van der Waals surface area contributed by atoms with Crippen LogP contribution in [0.4, 0.5) is 0 Å². The van der Waals surface area contributed by atoms with Gasteiger partial charge in [0, 0.05) is 30.8 Å². The smallest absolute Gasteiger partial charge is 0.295 e. The van der Waals surface area contributed by atoms with Crippen molar-refractivity contribution in [3.05, 3.63) is 192 Å². The Morgan fingerprint density at radius 3 is 1.39 bits per heavy atom. The third kappa shape index (κ3) is 6.12. The highest BCUT2D eigenvalue weighted by molar-refractivity contribution is 5.88. The highest BCUT2D eigenvalue weighted by Gasteiger charge is 2.14. The van der Waals surface area contributed by atoms with Crippen molar-refractivity contribution in [1.82, 2.24) is 19.1 Å². The molecule has 0 aliphatic heterocycles. The minimum absolute atomic E-state index is 0.0323. The van der Waals surface area contributed by atoms with Gasteiger partial charge in [-0.25, -0.2) is 14.8 Å². The van der Waals surface area contributed by atoms with Crippen molar-refractivity contribution >= 4 is 11.0 Å². The lowest BCUT2D eigenvalue weighted by Crippen LogP contribution is -2.19. The van der Waals surface area contributed by atoms with Crippen molar-refractivity contribution in [2.45, 2.75) is 0 Å². The standard InChI is InChI=1S/C49H36N4O/c1-52-46-29-27-41(31-47(46)53(2)49(52)54)34-18-22-37(23-19-34)44-32-45(51-48(50-44)39-16-10-5-11-17-39)38-24-20-36(21-25-38)43-30-40(33-12-6-3-7-13-33)26-28-42(43)35-14-8-4-9-15-35/h3-32H,1-2H3. The minimum atomic E-state index is -0.0323. The molecule has 5 nitrogen and oxygen atoms in total. The van der Waals surface area contributed by atoms with Gasteiger partial charge in [0.2, 0.25) is 0 Å². The number of aryl methyl sites for hydroxylation is 2. The van der Waals surface area contributed by atoms with E-state index < -0.39 is 0 Å². The van der Waals surface area contributed by atoms with Gasteiger partial charge in [0.25, 0.3) is 0 Å². The van der Waals surface area contributed by atoms with Gasteiger partial charge in [0.05, 0.1) is 22.4 Å². The van der Waals surface area contributed by atoms with Crippen LogP contribution < -0.4 is 5.69 Å². The van der Waals surface area contributed by atoms with Crippen LogP contribution in [0.25, 0.3) is 89.4 Å². The molecule has 0 aliphatic rings. The molecule has 54 heavy (non-hydrogen) atoms. The molecule has 0 saturated carbocycles. The molecule has 9 aromatic rings. The molecule has 2 heterocycles. The first-order valence-corrected chi connectivity index (χ1v) is 18.1. The van der Waals surface area contributed by atoms with E-state index in [2.05, 4.69) is 146 Å². The second-order valence-electron chi connectivity index (χ2n) is 13.6. The zero-order valence-electron chi connectivity index (χ0n) is 30.0. The number of hydrogen-bond acceptors (Lipinski definition) is 3. The lowest BCUT2D eigenvalue weighted by Gasteiger charge is -2.14. The highest BCUT2D eigenvalue weighted by atomic mass is 16.1. The first-order valence-electron chi connectivity index (χ1n) is 18.1. The van der Waals surface area contributed by atoms with Crippen LogP contribution in [0.1, 0.15) is 0 Å². The number of hydrogen-bond donors (Lipinski definition) is 0. The summed E-state index contributed by atoms with van der Waals surface area (Å²) in [6, 6.07) is 63.4. The van der Waals surface area contributed by atoms with Crippen LogP contribution in [0.5, 0.6) is 0 Å². The fourth-order valence-electron chi connectivity index (χ4n) is 7.26. The Morgan fingerprint density at radius 1 is 0.352 bits per heavy atom. The van der Waals surface area contributed by atoms with Gasteiger partial charge in [0.1, 0.15) is 0 Å². The first kappa shape index (κ1) is 32.8.